The molecule has 30 heavy (non-hydrogen) atoms. The molecule has 3 aromatic rings. The largest absolute Gasteiger partial charge is 0.495 e. The summed E-state index contributed by atoms with van der Waals surface area (Å²) >= 11 is 0. The SMILES string of the molecule is COc1cncc(C(=O)Nc2cc3cn([C@H]4CC[C@H](C=O)CC4)nc3cc2OC)c1. The van der Waals surface area contributed by atoms with Gasteiger partial charge in [0.05, 0.1) is 43.2 Å². The monoisotopic (exact) mass is 408 g/mol. The lowest BCUT2D eigenvalue weighted by atomic mass is 9.87. The molecule has 8 heteroatoms. The number of amides is 1. The average Bonchev–Trinajstić information content (AvgIpc) is 3.21. The van der Waals surface area contributed by atoms with Crippen molar-refractivity contribution in [3.8, 4) is 11.5 Å². The molecular formula is C22H24N4O4. The van der Waals surface area contributed by atoms with Gasteiger partial charge >= 0.3 is 0 Å². The predicted octanol–water partition coefficient (Wildman–Crippen LogP) is 3.63. The molecule has 0 atom stereocenters. The number of fused-ring (bicyclic) bond motifs is 1. The van der Waals surface area contributed by atoms with Crippen LogP contribution in [0.3, 0.4) is 0 Å². The molecule has 0 bridgehead atoms. The smallest absolute Gasteiger partial charge is 0.257 e. The highest BCUT2D eigenvalue weighted by Gasteiger charge is 2.23. The van der Waals surface area contributed by atoms with E-state index < -0.39 is 0 Å². The fourth-order valence-corrected chi connectivity index (χ4v) is 3.88. The molecule has 0 spiro atoms. The van der Waals surface area contributed by atoms with Gasteiger partial charge in [-0.1, -0.05) is 0 Å². The minimum Gasteiger partial charge on any atom is -0.495 e. The second kappa shape index (κ2) is 8.52. The number of hydrogen-bond donors (Lipinski definition) is 1. The summed E-state index contributed by atoms with van der Waals surface area (Å²) in [5, 5.41) is 8.50. The number of nitrogens with zero attached hydrogens (tertiary/aromatic N) is 3. The quantitative estimate of drug-likeness (QED) is 0.626. The number of aromatic nitrogens is 3. The zero-order valence-electron chi connectivity index (χ0n) is 17.0. The zero-order valence-corrected chi connectivity index (χ0v) is 17.0. The highest BCUT2D eigenvalue weighted by atomic mass is 16.5. The van der Waals surface area contributed by atoms with Gasteiger partial charge in [0.25, 0.3) is 5.91 Å². The van der Waals surface area contributed by atoms with Crippen LogP contribution in [0.5, 0.6) is 11.5 Å². The molecule has 1 aliphatic carbocycles. The third-order valence-corrected chi connectivity index (χ3v) is 5.61. The fourth-order valence-electron chi connectivity index (χ4n) is 3.88. The molecule has 4 rings (SSSR count). The van der Waals surface area contributed by atoms with Crippen LogP contribution in [-0.2, 0) is 4.79 Å². The van der Waals surface area contributed by atoms with Gasteiger partial charge in [-0.05, 0) is 37.8 Å². The molecule has 0 saturated heterocycles. The van der Waals surface area contributed by atoms with Gasteiger partial charge in [-0.25, -0.2) is 0 Å². The van der Waals surface area contributed by atoms with Gasteiger partial charge in [-0.2, -0.15) is 5.10 Å². The highest BCUT2D eigenvalue weighted by molar-refractivity contribution is 6.06. The lowest BCUT2D eigenvalue weighted by Crippen LogP contribution is -2.19. The van der Waals surface area contributed by atoms with Gasteiger partial charge in [0, 0.05) is 29.8 Å². The summed E-state index contributed by atoms with van der Waals surface area (Å²) in [6.07, 6.45) is 9.73. The first-order valence-electron chi connectivity index (χ1n) is 9.94. The van der Waals surface area contributed by atoms with Crippen LogP contribution in [0.15, 0.2) is 36.8 Å². The molecule has 8 nitrogen and oxygen atoms in total. The number of anilines is 1. The molecule has 1 fully saturated rings. The van der Waals surface area contributed by atoms with Crippen LogP contribution in [0.4, 0.5) is 5.69 Å². The minimum atomic E-state index is -0.307. The van der Waals surface area contributed by atoms with Crippen molar-refractivity contribution in [1.82, 2.24) is 14.8 Å². The molecule has 2 heterocycles. The maximum Gasteiger partial charge on any atom is 0.257 e. The third kappa shape index (κ3) is 3.98. The summed E-state index contributed by atoms with van der Waals surface area (Å²) in [5.74, 6) is 0.898. The molecule has 0 aliphatic heterocycles. The molecule has 1 N–H and O–H groups in total. The minimum absolute atomic E-state index is 0.166. The van der Waals surface area contributed by atoms with E-state index in [4.69, 9.17) is 14.6 Å². The van der Waals surface area contributed by atoms with E-state index in [9.17, 15) is 9.59 Å². The lowest BCUT2D eigenvalue weighted by Gasteiger charge is -2.25. The number of ether oxygens (including phenoxy) is 2. The van der Waals surface area contributed by atoms with E-state index in [1.807, 2.05) is 23.0 Å². The topological polar surface area (TPSA) is 95.3 Å². The molecule has 0 radical (unpaired) electrons. The first-order chi connectivity index (χ1) is 14.6. The summed E-state index contributed by atoms with van der Waals surface area (Å²) in [7, 11) is 3.08. The summed E-state index contributed by atoms with van der Waals surface area (Å²) in [4.78, 5) is 27.7. The molecule has 1 saturated carbocycles. The fraction of sp³-hybridized carbons (Fsp3) is 0.364. The summed E-state index contributed by atoms with van der Waals surface area (Å²) in [6, 6.07) is 5.59. The summed E-state index contributed by atoms with van der Waals surface area (Å²) in [6.45, 7) is 0. The second-order valence-corrected chi connectivity index (χ2v) is 7.49. The number of hydrogen-bond acceptors (Lipinski definition) is 6. The normalized spacial score (nSPS) is 18.7. The maximum absolute atomic E-state index is 12.7. The Bertz CT molecular complexity index is 1070. The van der Waals surface area contributed by atoms with Crippen LogP contribution in [0, 0.1) is 5.92 Å². The van der Waals surface area contributed by atoms with Crippen molar-refractivity contribution in [3.63, 3.8) is 0 Å². The van der Waals surface area contributed by atoms with Gasteiger partial charge in [0.2, 0.25) is 0 Å². The predicted molar refractivity (Wildman–Crippen MR) is 112 cm³/mol. The van der Waals surface area contributed by atoms with Crippen molar-refractivity contribution < 1.29 is 19.1 Å². The summed E-state index contributed by atoms with van der Waals surface area (Å²) < 4.78 is 12.6. The Kier molecular flexibility index (Phi) is 5.65. The number of carbonyl (C=O) groups excluding carboxylic acids is 2. The highest BCUT2D eigenvalue weighted by Crippen LogP contribution is 2.34. The Labute approximate surface area is 174 Å². The number of pyridine rings is 1. The Morgan fingerprint density at radius 1 is 1.13 bits per heavy atom. The Balaban J connectivity index is 1.59. The van der Waals surface area contributed by atoms with E-state index in [2.05, 4.69) is 10.3 Å². The van der Waals surface area contributed by atoms with Crippen LogP contribution in [0.2, 0.25) is 0 Å². The number of methoxy groups -OCH3 is 2. The molecule has 2 aromatic heterocycles. The van der Waals surface area contributed by atoms with Crippen LogP contribution >= 0.6 is 0 Å². The van der Waals surface area contributed by atoms with E-state index in [-0.39, 0.29) is 17.9 Å². The van der Waals surface area contributed by atoms with E-state index in [0.29, 0.717) is 22.7 Å². The van der Waals surface area contributed by atoms with Crippen molar-refractivity contribution in [1.29, 1.82) is 0 Å². The van der Waals surface area contributed by atoms with Gasteiger partial charge in [-0.3, -0.25) is 14.5 Å². The van der Waals surface area contributed by atoms with Gasteiger partial charge in [0.15, 0.2) is 0 Å². The van der Waals surface area contributed by atoms with Crippen molar-refractivity contribution in [2.45, 2.75) is 31.7 Å². The Morgan fingerprint density at radius 2 is 1.93 bits per heavy atom. The molecular weight excluding hydrogens is 384 g/mol. The average molecular weight is 408 g/mol. The van der Waals surface area contributed by atoms with E-state index in [0.717, 1.165) is 42.9 Å². The number of nitrogens with one attached hydrogen (secondary N) is 1. The number of benzene rings is 1. The standard InChI is InChI=1S/C22H24N4O4/c1-29-18-7-15(10-23-11-18)22(28)24-20-8-16-12-26(25-19(16)9-21(20)30-2)17-5-3-14(13-27)4-6-17/h7-14,17H,3-6H2,1-2H3,(H,24,28)/t14-,17-. The van der Waals surface area contributed by atoms with Crippen LogP contribution in [-0.4, -0.2) is 41.2 Å². The van der Waals surface area contributed by atoms with E-state index in [1.165, 1.54) is 13.3 Å². The van der Waals surface area contributed by atoms with Crippen molar-refractivity contribution >= 4 is 28.8 Å². The Hall–Kier alpha value is -3.42. The molecule has 1 aromatic carbocycles. The first kappa shape index (κ1) is 19.9. The molecule has 156 valence electrons. The van der Waals surface area contributed by atoms with Crippen molar-refractivity contribution in [2.75, 3.05) is 19.5 Å². The van der Waals surface area contributed by atoms with Crippen LogP contribution < -0.4 is 14.8 Å². The molecule has 1 amide bonds. The number of rotatable bonds is 6. The van der Waals surface area contributed by atoms with E-state index >= 15 is 0 Å². The third-order valence-electron chi connectivity index (χ3n) is 5.61. The van der Waals surface area contributed by atoms with Crippen molar-refractivity contribution in [2.24, 2.45) is 5.92 Å². The Morgan fingerprint density at radius 3 is 2.63 bits per heavy atom. The number of carbonyl (C=O) groups is 2. The van der Waals surface area contributed by atoms with Gasteiger partial charge in [-0.15, -0.1) is 0 Å². The van der Waals surface area contributed by atoms with Gasteiger partial charge < -0.3 is 19.6 Å². The zero-order chi connectivity index (χ0) is 21.1. The van der Waals surface area contributed by atoms with Gasteiger partial charge in [0.1, 0.15) is 17.8 Å². The summed E-state index contributed by atoms with van der Waals surface area (Å²) in [5.41, 5.74) is 1.74. The molecule has 1 aliphatic rings. The van der Waals surface area contributed by atoms with Crippen LogP contribution in [0.25, 0.3) is 10.9 Å². The van der Waals surface area contributed by atoms with E-state index in [1.54, 1.807) is 19.4 Å². The maximum atomic E-state index is 12.7. The second-order valence-electron chi connectivity index (χ2n) is 7.49. The molecule has 0 unspecified atom stereocenters. The number of aldehydes is 1. The first-order valence-corrected chi connectivity index (χ1v) is 9.94. The van der Waals surface area contributed by atoms with Crippen LogP contribution in [0.1, 0.15) is 42.1 Å². The lowest BCUT2D eigenvalue weighted by molar-refractivity contribution is -0.112. The van der Waals surface area contributed by atoms with Crippen molar-refractivity contribution in [3.05, 3.63) is 42.4 Å².